The van der Waals surface area contributed by atoms with Gasteiger partial charge in [0.2, 0.25) is 0 Å². The molecule has 0 saturated heterocycles. The third kappa shape index (κ3) is 6.60. The van der Waals surface area contributed by atoms with Crippen molar-refractivity contribution in [3.63, 3.8) is 0 Å². The molecule has 0 amide bonds. The van der Waals surface area contributed by atoms with Gasteiger partial charge in [-0.1, -0.05) is 65.2 Å². The summed E-state index contributed by atoms with van der Waals surface area (Å²) in [6.45, 7) is 4.33. The quantitative estimate of drug-likeness (QED) is 0.491. The standard InChI is InChI=1S/C15H28O.C8H10O2S/c1-2-15(11-6-12-15)14(16)10-5-9-13-7-3-4-8-13;1-2-3-6-4-5-7(11-6)8(9)10/h13-14,16H,2-12H2,1H3;4-5H,2-3H2,1H3,(H,9,10). The molecule has 27 heavy (non-hydrogen) atoms. The normalized spacial score (nSPS) is 19.8. The van der Waals surface area contributed by atoms with Gasteiger partial charge in [-0.3, -0.25) is 0 Å². The molecule has 1 aromatic rings. The summed E-state index contributed by atoms with van der Waals surface area (Å²) in [7, 11) is 0. The zero-order valence-corrected chi connectivity index (χ0v) is 18.0. The van der Waals surface area contributed by atoms with Crippen molar-refractivity contribution in [1.29, 1.82) is 0 Å². The van der Waals surface area contributed by atoms with Crippen LogP contribution in [0.4, 0.5) is 0 Å². The average Bonchev–Trinajstić information content (AvgIpc) is 3.27. The highest BCUT2D eigenvalue weighted by atomic mass is 32.1. The lowest BCUT2D eigenvalue weighted by Gasteiger charge is -2.45. The second kappa shape index (κ2) is 11.2. The molecule has 2 fully saturated rings. The van der Waals surface area contributed by atoms with E-state index in [0.29, 0.717) is 10.3 Å². The first-order chi connectivity index (χ1) is 13.0. The Bertz CT molecular complexity index is 550. The molecule has 2 aliphatic carbocycles. The smallest absolute Gasteiger partial charge is 0.345 e. The van der Waals surface area contributed by atoms with Crippen LogP contribution in [0.25, 0.3) is 0 Å². The maximum Gasteiger partial charge on any atom is 0.345 e. The number of thiophene rings is 1. The van der Waals surface area contributed by atoms with E-state index >= 15 is 0 Å². The van der Waals surface area contributed by atoms with E-state index in [0.717, 1.165) is 30.1 Å². The molecule has 0 spiro atoms. The molecular formula is C23H38O3S. The summed E-state index contributed by atoms with van der Waals surface area (Å²) in [5.41, 5.74) is 0.329. The highest BCUT2D eigenvalue weighted by molar-refractivity contribution is 7.13. The third-order valence-corrected chi connectivity index (χ3v) is 7.83. The zero-order chi connectivity index (χ0) is 19.7. The summed E-state index contributed by atoms with van der Waals surface area (Å²) >= 11 is 1.37. The molecule has 3 rings (SSSR count). The number of aryl methyl sites for hydroxylation is 1. The van der Waals surface area contributed by atoms with Crippen LogP contribution >= 0.6 is 11.3 Å². The van der Waals surface area contributed by atoms with Gasteiger partial charge in [0.05, 0.1) is 6.10 Å². The van der Waals surface area contributed by atoms with Gasteiger partial charge in [-0.15, -0.1) is 11.3 Å². The van der Waals surface area contributed by atoms with Crippen molar-refractivity contribution in [3.05, 3.63) is 21.9 Å². The lowest BCUT2D eigenvalue weighted by Crippen LogP contribution is -2.40. The van der Waals surface area contributed by atoms with E-state index in [2.05, 4.69) is 13.8 Å². The molecule has 154 valence electrons. The lowest BCUT2D eigenvalue weighted by atomic mass is 9.62. The van der Waals surface area contributed by atoms with E-state index in [4.69, 9.17) is 5.11 Å². The maximum atomic E-state index is 10.4. The maximum absolute atomic E-state index is 10.4. The minimum Gasteiger partial charge on any atom is -0.477 e. The Kier molecular flexibility index (Phi) is 9.31. The number of aromatic carboxylic acids is 1. The van der Waals surface area contributed by atoms with E-state index in [-0.39, 0.29) is 6.10 Å². The van der Waals surface area contributed by atoms with Crippen LogP contribution in [-0.2, 0) is 6.42 Å². The second-order valence-corrected chi connectivity index (χ2v) is 9.66. The fourth-order valence-corrected chi connectivity index (χ4v) is 5.58. The number of carbonyl (C=O) groups is 1. The van der Waals surface area contributed by atoms with Gasteiger partial charge >= 0.3 is 5.97 Å². The Balaban J connectivity index is 0.000000208. The molecule has 1 aromatic heterocycles. The highest BCUT2D eigenvalue weighted by Gasteiger charge is 2.41. The van der Waals surface area contributed by atoms with Gasteiger partial charge < -0.3 is 10.2 Å². The number of hydrogen-bond donors (Lipinski definition) is 2. The van der Waals surface area contributed by atoms with E-state index < -0.39 is 5.97 Å². The van der Waals surface area contributed by atoms with Crippen molar-refractivity contribution in [3.8, 4) is 0 Å². The first-order valence-electron chi connectivity index (χ1n) is 11.0. The number of hydrogen-bond acceptors (Lipinski definition) is 3. The van der Waals surface area contributed by atoms with Gasteiger partial charge in [-0.25, -0.2) is 4.79 Å². The van der Waals surface area contributed by atoms with Crippen LogP contribution < -0.4 is 0 Å². The summed E-state index contributed by atoms with van der Waals surface area (Å²) in [4.78, 5) is 12.0. The van der Waals surface area contributed by atoms with E-state index in [9.17, 15) is 9.90 Å². The molecule has 1 atom stereocenters. The van der Waals surface area contributed by atoms with Gasteiger partial charge in [0.15, 0.2) is 0 Å². The molecule has 3 nitrogen and oxygen atoms in total. The van der Waals surface area contributed by atoms with Crippen LogP contribution in [0.15, 0.2) is 12.1 Å². The zero-order valence-electron chi connectivity index (χ0n) is 17.2. The van der Waals surface area contributed by atoms with Crippen LogP contribution in [0.5, 0.6) is 0 Å². The van der Waals surface area contributed by atoms with E-state index in [1.807, 2.05) is 6.07 Å². The fourth-order valence-electron chi connectivity index (χ4n) is 4.63. The first kappa shape index (κ1) is 22.4. The molecule has 2 N–H and O–H groups in total. The predicted octanol–water partition coefficient (Wildman–Crippen LogP) is 6.69. The Hall–Kier alpha value is -0.870. The SMILES string of the molecule is CCC1(C(O)CCCC2CCCC2)CCC1.CCCc1ccc(C(=O)O)s1. The van der Waals surface area contributed by atoms with Gasteiger partial charge in [0.25, 0.3) is 0 Å². The van der Waals surface area contributed by atoms with E-state index in [1.54, 1.807) is 6.07 Å². The lowest BCUT2D eigenvalue weighted by molar-refractivity contribution is -0.0435. The Morgan fingerprint density at radius 2 is 1.93 bits per heavy atom. The minimum absolute atomic E-state index is 0.00680. The molecule has 0 aromatic carbocycles. The molecule has 1 heterocycles. The van der Waals surface area contributed by atoms with Gasteiger partial charge in [-0.05, 0) is 55.6 Å². The third-order valence-electron chi connectivity index (χ3n) is 6.69. The predicted molar refractivity (Wildman–Crippen MR) is 114 cm³/mol. The van der Waals surface area contributed by atoms with Crippen molar-refractivity contribution in [1.82, 2.24) is 0 Å². The Morgan fingerprint density at radius 1 is 1.22 bits per heavy atom. The minimum atomic E-state index is -0.822. The number of rotatable bonds is 9. The molecular weight excluding hydrogens is 356 g/mol. The van der Waals surface area contributed by atoms with Crippen LogP contribution in [-0.4, -0.2) is 22.3 Å². The summed E-state index contributed by atoms with van der Waals surface area (Å²) < 4.78 is 0. The molecule has 0 radical (unpaired) electrons. The molecule has 0 bridgehead atoms. The van der Waals surface area contributed by atoms with Crippen molar-refractivity contribution < 1.29 is 15.0 Å². The van der Waals surface area contributed by atoms with Crippen LogP contribution in [0.2, 0.25) is 0 Å². The Morgan fingerprint density at radius 3 is 2.41 bits per heavy atom. The van der Waals surface area contributed by atoms with Gasteiger partial charge in [0, 0.05) is 4.88 Å². The van der Waals surface area contributed by atoms with Crippen molar-refractivity contribution in [2.45, 2.75) is 103 Å². The van der Waals surface area contributed by atoms with E-state index in [1.165, 1.54) is 75.5 Å². The summed E-state index contributed by atoms with van der Waals surface area (Å²) in [6, 6.07) is 3.55. The fraction of sp³-hybridized carbons (Fsp3) is 0.783. The molecule has 4 heteroatoms. The topological polar surface area (TPSA) is 57.5 Å². The number of carboxylic acids is 1. The number of aliphatic hydroxyl groups is 1. The summed E-state index contributed by atoms with van der Waals surface area (Å²) in [6.07, 6.45) is 16.6. The summed E-state index contributed by atoms with van der Waals surface area (Å²) in [5.74, 6) is 0.170. The number of aliphatic hydroxyl groups excluding tert-OH is 1. The van der Waals surface area contributed by atoms with Crippen LogP contribution in [0.3, 0.4) is 0 Å². The molecule has 1 unspecified atom stereocenters. The summed E-state index contributed by atoms with van der Waals surface area (Å²) in [5, 5.41) is 18.9. The van der Waals surface area contributed by atoms with Crippen molar-refractivity contribution in [2.75, 3.05) is 0 Å². The van der Waals surface area contributed by atoms with Gasteiger partial charge in [-0.2, -0.15) is 0 Å². The molecule has 2 saturated carbocycles. The van der Waals surface area contributed by atoms with Crippen LogP contribution in [0, 0.1) is 11.3 Å². The monoisotopic (exact) mass is 394 g/mol. The molecule has 0 aliphatic heterocycles. The van der Waals surface area contributed by atoms with Crippen LogP contribution in [0.1, 0.15) is 105 Å². The first-order valence-corrected chi connectivity index (χ1v) is 11.8. The second-order valence-electron chi connectivity index (χ2n) is 8.49. The number of carboxylic acid groups (broad SMARTS) is 1. The highest BCUT2D eigenvalue weighted by Crippen LogP contribution is 2.48. The Labute approximate surface area is 169 Å². The van der Waals surface area contributed by atoms with Crippen molar-refractivity contribution in [2.24, 2.45) is 11.3 Å². The van der Waals surface area contributed by atoms with Gasteiger partial charge in [0.1, 0.15) is 4.88 Å². The average molecular weight is 395 g/mol. The largest absolute Gasteiger partial charge is 0.477 e. The van der Waals surface area contributed by atoms with Crippen molar-refractivity contribution >= 4 is 17.3 Å². The molecule has 2 aliphatic rings.